The lowest BCUT2D eigenvalue weighted by molar-refractivity contribution is 0.0601. The third-order valence-corrected chi connectivity index (χ3v) is 4.11. The van der Waals surface area contributed by atoms with Gasteiger partial charge >= 0.3 is 5.97 Å². The smallest absolute Gasteiger partial charge is 0.337 e. The fourth-order valence-corrected chi connectivity index (χ4v) is 3.01. The Morgan fingerprint density at radius 2 is 1.68 bits per heavy atom. The summed E-state index contributed by atoms with van der Waals surface area (Å²) in [6.07, 6.45) is 0. The van der Waals surface area contributed by atoms with Crippen molar-refractivity contribution in [3.63, 3.8) is 0 Å². The van der Waals surface area contributed by atoms with E-state index in [2.05, 4.69) is 9.46 Å². The van der Waals surface area contributed by atoms with Gasteiger partial charge in [-0.2, -0.15) is 0 Å². The Morgan fingerprint density at radius 1 is 1.09 bits per heavy atom. The molecule has 7 heteroatoms. The van der Waals surface area contributed by atoms with Gasteiger partial charge in [0.15, 0.2) is 0 Å². The zero-order valence-corrected chi connectivity index (χ0v) is 12.6. The van der Waals surface area contributed by atoms with Gasteiger partial charge in [0.25, 0.3) is 0 Å². The fourth-order valence-electron chi connectivity index (χ4n) is 1.81. The van der Waals surface area contributed by atoms with Crippen LogP contribution in [0.4, 0.5) is 10.1 Å². The van der Waals surface area contributed by atoms with Crippen LogP contribution in [0.2, 0.25) is 0 Å². The number of nitrogens with one attached hydrogen (secondary N) is 1. The van der Waals surface area contributed by atoms with Crippen LogP contribution in [0.5, 0.6) is 0 Å². The summed E-state index contributed by atoms with van der Waals surface area (Å²) in [5, 5.41) is 0. The van der Waals surface area contributed by atoms with Gasteiger partial charge < -0.3 is 4.74 Å². The SMILES string of the molecule is COC(=O)c1ccc(NS(=O)(=O)Cc2ccc(F)cc2)cc1. The van der Waals surface area contributed by atoms with Crippen molar-refractivity contribution < 1.29 is 22.3 Å². The summed E-state index contributed by atoms with van der Waals surface area (Å²) in [5.41, 5.74) is 1.12. The number of carbonyl (C=O) groups excluding carboxylic acids is 1. The molecule has 5 nitrogen and oxygen atoms in total. The third kappa shape index (κ3) is 4.29. The van der Waals surface area contributed by atoms with Crippen LogP contribution in [0.3, 0.4) is 0 Å². The average molecular weight is 323 g/mol. The second kappa shape index (κ2) is 6.57. The minimum absolute atomic E-state index is 0.272. The van der Waals surface area contributed by atoms with Gasteiger partial charge in [-0.25, -0.2) is 17.6 Å². The van der Waals surface area contributed by atoms with Gasteiger partial charge in [0.05, 0.1) is 18.4 Å². The van der Waals surface area contributed by atoms with E-state index in [9.17, 15) is 17.6 Å². The molecule has 0 amide bonds. The summed E-state index contributed by atoms with van der Waals surface area (Å²) in [6, 6.07) is 11.1. The molecule has 0 atom stereocenters. The van der Waals surface area contributed by atoms with E-state index in [4.69, 9.17) is 0 Å². The molecule has 0 aliphatic carbocycles. The zero-order valence-electron chi connectivity index (χ0n) is 11.7. The van der Waals surface area contributed by atoms with E-state index in [-0.39, 0.29) is 5.75 Å². The zero-order chi connectivity index (χ0) is 16.2. The van der Waals surface area contributed by atoms with Crippen LogP contribution in [0.1, 0.15) is 15.9 Å². The summed E-state index contributed by atoms with van der Waals surface area (Å²) in [5.74, 6) is -1.19. The Morgan fingerprint density at radius 3 is 2.23 bits per heavy atom. The Kier molecular flexibility index (Phi) is 4.77. The number of sulfonamides is 1. The summed E-state index contributed by atoms with van der Waals surface area (Å²) in [7, 11) is -2.36. The van der Waals surface area contributed by atoms with Crippen molar-refractivity contribution >= 4 is 21.7 Å². The van der Waals surface area contributed by atoms with Gasteiger partial charge in [-0.15, -0.1) is 0 Å². The highest BCUT2D eigenvalue weighted by atomic mass is 32.2. The summed E-state index contributed by atoms with van der Waals surface area (Å²) in [6.45, 7) is 0. The molecular formula is C15H14FNO4S. The van der Waals surface area contributed by atoms with E-state index in [0.717, 1.165) is 0 Å². The van der Waals surface area contributed by atoms with Crippen molar-refractivity contribution in [3.8, 4) is 0 Å². The average Bonchev–Trinajstić information content (AvgIpc) is 2.49. The van der Waals surface area contributed by atoms with E-state index in [0.29, 0.717) is 16.8 Å². The van der Waals surface area contributed by atoms with E-state index >= 15 is 0 Å². The normalized spacial score (nSPS) is 11.0. The van der Waals surface area contributed by atoms with Crippen LogP contribution in [0.15, 0.2) is 48.5 Å². The number of rotatable bonds is 5. The quantitative estimate of drug-likeness (QED) is 0.858. The molecule has 0 aromatic heterocycles. The maximum Gasteiger partial charge on any atom is 0.337 e. The number of hydrogen-bond acceptors (Lipinski definition) is 4. The Hall–Kier alpha value is -2.41. The maximum absolute atomic E-state index is 12.8. The first-order valence-electron chi connectivity index (χ1n) is 6.33. The standard InChI is InChI=1S/C15H14FNO4S/c1-21-15(18)12-4-8-14(9-5-12)17-22(19,20)10-11-2-6-13(16)7-3-11/h2-9,17H,10H2,1H3. The largest absolute Gasteiger partial charge is 0.465 e. The molecule has 0 bridgehead atoms. The Balaban J connectivity index is 2.08. The molecule has 1 N–H and O–H groups in total. The van der Waals surface area contributed by atoms with Gasteiger partial charge in [-0.1, -0.05) is 12.1 Å². The number of halogens is 1. The predicted molar refractivity (Wildman–Crippen MR) is 80.4 cm³/mol. The van der Waals surface area contributed by atoms with Crippen LogP contribution < -0.4 is 4.72 Å². The van der Waals surface area contributed by atoms with Gasteiger partial charge in [-0.05, 0) is 42.0 Å². The summed E-state index contributed by atoms with van der Waals surface area (Å²) in [4.78, 5) is 11.3. The Labute approximate surface area is 127 Å². The molecule has 0 aliphatic heterocycles. The molecule has 0 heterocycles. The minimum atomic E-state index is -3.63. The lowest BCUT2D eigenvalue weighted by Gasteiger charge is -2.08. The topological polar surface area (TPSA) is 72.5 Å². The van der Waals surface area contributed by atoms with Crippen LogP contribution >= 0.6 is 0 Å². The van der Waals surface area contributed by atoms with Gasteiger partial charge in [-0.3, -0.25) is 4.72 Å². The first-order chi connectivity index (χ1) is 10.4. The number of hydrogen-bond donors (Lipinski definition) is 1. The molecule has 2 aromatic rings. The van der Waals surface area contributed by atoms with E-state index in [1.165, 1.54) is 55.6 Å². The number of ether oxygens (including phenoxy) is 1. The number of methoxy groups -OCH3 is 1. The molecule has 0 spiro atoms. The van der Waals surface area contributed by atoms with Crippen molar-refractivity contribution in [2.75, 3.05) is 11.8 Å². The van der Waals surface area contributed by atoms with Crippen molar-refractivity contribution in [1.82, 2.24) is 0 Å². The molecule has 2 rings (SSSR count). The van der Waals surface area contributed by atoms with Crippen molar-refractivity contribution in [1.29, 1.82) is 0 Å². The summed E-state index contributed by atoms with van der Waals surface area (Å²) >= 11 is 0. The highest BCUT2D eigenvalue weighted by Gasteiger charge is 2.12. The first-order valence-corrected chi connectivity index (χ1v) is 7.98. The molecule has 0 aliphatic rings. The first kappa shape index (κ1) is 16.0. The highest BCUT2D eigenvalue weighted by molar-refractivity contribution is 7.91. The van der Waals surface area contributed by atoms with Crippen LogP contribution in [-0.4, -0.2) is 21.5 Å². The van der Waals surface area contributed by atoms with E-state index in [1.54, 1.807) is 0 Å². The van der Waals surface area contributed by atoms with Crippen molar-refractivity contribution in [2.24, 2.45) is 0 Å². The third-order valence-electron chi connectivity index (χ3n) is 2.85. The summed E-state index contributed by atoms with van der Waals surface area (Å²) < 4.78 is 43.8. The monoisotopic (exact) mass is 323 g/mol. The van der Waals surface area contributed by atoms with Gasteiger partial charge in [0.1, 0.15) is 5.82 Å². The molecule has 0 saturated heterocycles. The molecule has 0 saturated carbocycles. The highest BCUT2D eigenvalue weighted by Crippen LogP contribution is 2.15. The number of anilines is 1. The van der Waals surface area contributed by atoms with Crippen molar-refractivity contribution in [2.45, 2.75) is 5.75 Å². The lowest BCUT2D eigenvalue weighted by Crippen LogP contribution is -2.15. The van der Waals surface area contributed by atoms with Gasteiger partial charge in [0.2, 0.25) is 10.0 Å². The van der Waals surface area contributed by atoms with Crippen LogP contribution in [0, 0.1) is 5.82 Å². The molecule has 0 radical (unpaired) electrons. The van der Waals surface area contributed by atoms with Crippen LogP contribution in [0.25, 0.3) is 0 Å². The predicted octanol–water partition coefficient (Wildman–Crippen LogP) is 2.55. The minimum Gasteiger partial charge on any atom is -0.465 e. The molecule has 2 aromatic carbocycles. The molecule has 116 valence electrons. The molecule has 0 unspecified atom stereocenters. The second-order valence-corrected chi connectivity index (χ2v) is 6.28. The fraction of sp³-hybridized carbons (Fsp3) is 0.133. The molecule has 22 heavy (non-hydrogen) atoms. The van der Waals surface area contributed by atoms with Crippen molar-refractivity contribution in [3.05, 3.63) is 65.5 Å². The molecule has 0 fully saturated rings. The number of benzene rings is 2. The lowest BCUT2D eigenvalue weighted by atomic mass is 10.2. The number of carbonyl (C=O) groups is 1. The van der Waals surface area contributed by atoms with Gasteiger partial charge in [0, 0.05) is 5.69 Å². The van der Waals surface area contributed by atoms with E-state index in [1.807, 2.05) is 0 Å². The maximum atomic E-state index is 12.8. The van der Waals surface area contributed by atoms with E-state index < -0.39 is 21.8 Å². The molecular weight excluding hydrogens is 309 g/mol. The Bertz CT molecular complexity index is 755. The number of esters is 1. The van der Waals surface area contributed by atoms with Crippen LogP contribution in [-0.2, 0) is 20.5 Å². The second-order valence-electron chi connectivity index (χ2n) is 4.56.